The molecule has 1 N–H and O–H groups in total. The highest BCUT2D eigenvalue weighted by Crippen LogP contribution is 2.40. The molecule has 0 bridgehead atoms. The molecule has 8 nitrogen and oxygen atoms in total. The minimum absolute atomic E-state index is 0.0197. The fourth-order valence-electron chi connectivity index (χ4n) is 4.03. The maximum absolute atomic E-state index is 13.6. The van der Waals surface area contributed by atoms with Gasteiger partial charge in [-0.1, -0.05) is 26.0 Å². The van der Waals surface area contributed by atoms with Crippen LogP contribution in [-0.2, 0) is 9.59 Å². The number of aromatic nitrogens is 1. The third-order valence-electron chi connectivity index (χ3n) is 5.65. The lowest BCUT2D eigenvalue weighted by molar-refractivity contribution is -0.132. The highest BCUT2D eigenvalue weighted by molar-refractivity contribution is 7.14. The Balaban J connectivity index is 2.07. The van der Waals surface area contributed by atoms with Crippen LogP contribution >= 0.6 is 11.3 Å². The van der Waals surface area contributed by atoms with Crippen molar-refractivity contribution in [1.29, 1.82) is 0 Å². The first kappa shape index (κ1) is 24.6. The van der Waals surface area contributed by atoms with Crippen molar-refractivity contribution < 1.29 is 24.2 Å². The zero-order valence-corrected chi connectivity index (χ0v) is 20.4. The second kappa shape index (κ2) is 10.3. The van der Waals surface area contributed by atoms with Crippen molar-refractivity contribution in [3.8, 4) is 5.75 Å². The molecule has 0 saturated carbocycles. The van der Waals surface area contributed by atoms with E-state index in [4.69, 9.17) is 4.74 Å². The number of aliphatic hydroxyl groups is 1. The summed E-state index contributed by atoms with van der Waals surface area (Å²) in [7, 11) is 0. The van der Waals surface area contributed by atoms with E-state index in [1.807, 2.05) is 13.8 Å². The average Bonchev–Trinajstić information content (AvgIpc) is 3.24. The van der Waals surface area contributed by atoms with Gasteiger partial charge in [-0.2, -0.15) is 0 Å². The van der Waals surface area contributed by atoms with E-state index >= 15 is 0 Å². The molecule has 1 atom stereocenters. The first-order valence-corrected chi connectivity index (χ1v) is 11.7. The monoisotopic (exact) mass is 471 g/mol. The number of aliphatic hydroxyl groups excluding tert-OH is 1. The van der Waals surface area contributed by atoms with Crippen molar-refractivity contribution in [1.82, 2.24) is 14.8 Å². The maximum atomic E-state index is 13.6. The number of esters is 1. The second-order valence-corrected chi connectivity index (χ2v) is 9.04. The Morgan fingerprint density at radius 2 is 1.94 bits per heavy atom. The average molecular weight is 472 g/mol. The molecule has 176 valence electrons. The lowest BCUT2D eigenvalue weighted by Gasteiger charge is -2.29. The Morgan fingerprint density at radius 3 is 2.52 bits per heavy atom. The molecule has 0 saturated heterocycles. The van der Waals surface area contributed by atoms with E-state index < -0.39 is 29.5 Å². The van der Waals surface area contributed by atoms with E-state index in [0.717, 1.165) is 18.1 Å². The minimum atomic E-state index is -0.808. The zero-order chi connectivity index (χ0) is 24.3. The van der Waals surface area contributed by atoms with Crippen LogP contribution in [0.2, 0.25) is 0 Å². The summed E-state index contributed by atoms with van der Waals surface area (Å²) in [5.74, 6) is -1.73. The Kier molecular flexibility index (Phi) is 7.65. The lowest BCUT2D eigenvalue weighted by atomic mass is 9.95. The number of rotatable bonds is 9. The molecule has 2 aromatic rings. The minimum Gasteiger partial charge on any atom is -0.503 e. The number of ether oxygens (including phenoxy) is 1. The van der Waals surface area contributed by atoms with Crippen LogP contribution < -0.4 is 4.74 Å². The number of nitrogens with zero attached hydrogens (tertiary/aromatic N) is 3. The SMILES string of the molecule is CCN(CC)CCN1C(=O)C(O)=C(C(=O)c2sc(C)nc2C)C1c1cccc(OC(C)=O)c1. The van der Waals surface area contributed by atoms with Crippen LogP contribution in [0.3, 0.4) is 0 Å². The van der Waals surface area contributed by atoms with Crippen molar-refractivity contribution >= 4 is 29.0 Å². The number of Topliss-reactive ketones (excluding diaryl/α,β-unsaturated/α-hetero) is 1. The molecule has 1 aromatic heterocycles. The summed E-state index contributed by atoms with van der Waals surface area (Å²) < 4.78 is 5.22. The summed E-state index contributed by atoms with van der Waals surface area (Å²) in [6, 6.07) is 5.90. The lowest BCUT2D eigenvalue weighted by Crippen LogP contribution is -2.38. The number of thiazole rings is 1. The van der Waals surface area contributed by atoms with Gasteiger partial charge in [0, 0.05) is 20.0 Å². The normalized spacial score (nSPS) is 16.1. The predicted molar refractivity (Wildman–Crippen MR) is 126 cm³/mol. The number of carbonyl (C=O) groups is 3. The molecule has 1 amide bonds. The highest BCUT2D eigenvalue weighted by atomic mass is 32.1. The molecule has 0 radical (unpaired) electrons. The Labute approximate surface area is 197 Å². The molecule has 2 heterocycles. The Bertz CT molecular complexity index is 1100. The van der Waals surface area contributed by atoms with Gasteiger partial charge < -0.3 is 19.6 Å². The summed E-state index contributed by atoms with van der Waals surface area (Å²) >= 11 is 1.23. The van der Waals surface area contributed by atoms with Crippen LogP contribution in [0.1, 0.15) is 52.7 Å². The van der Waals surface area contributed by atoms with Crippen LogP contribution in [-0.4, -0.2) is 63.7 Å². The van der Waals surface area contributed by atoms with Gasteiger partial charge in [-0.3, -0.25) is 14.4 Å². The second-order valence-electron chi connectivity index (χ2n) is 7.83. The number of hydrogen-bond acceptors (Lipinski definition) is 8. The number of likely N-dealkylation sites (N-methyl/N-ethyl adjacent to an activating group) is 1. The molecule has 0 aliphatic carbocycles. The number of hydrogen-bond donors (Lipinski definition) is 1. The third kappa shape index (κ3) is 5.15. The van der Waals surface area contributed by atoms with Crippen LogP contribution in [0, 0.1) is 13.8 Å². The smallest absolute Gasteiger partial charge is 0.308 e. The molecule has 1 aromatic carbocycles. The van der Waals surface area contributed by atoms with Crippen LogP contribution in [0.25, 0.3) is 0 Å². The highest BCUT2D eigenvalue weighted by Gasteiger charge is 2.44. The first-order chi connectivity index (χ1) is 15.7. The van der Waals surface area contributed by atoms with E-state index in [-0.39, 0.29) is 5.57 Å². The number of carbonyl (C=O) groups excluding carboxylic acids is 3. The topological polar surface area (TPSA) is 100 Å². The molecule has 1 aliphatic heterocycles. The van der Waals surface area contributed by atoms with Crippen LogP contribution in [0.4, 0.5) is 0 Å². The van der Waals surface area contributed by atoms with Crippen molar-refractivity contribution in [2.24, 2.45) is 0 Å². The molecule has 0 fully saturated rings. The molecule has 1 aliphatic rings. The van der Waals surface area contributed by atoms with Gasteiger partial charge in [0.2, 0.25) is 5.78 Å². The van der Waals surface area contributed by atoms with Gasteiger partial charge in [0.1, 0.15) is 5.75 Å². The van der Waals surface area contributed by atoms with E-state index in [1.54, 1.807) is 38.1 Å². The van der Waals surface area contributed by atoms with Crippen molar-refractivity contribution in [3.63, 3.8) is 0 Å². The van der Waals surface area contributed by atoms with Crippen LogP contribution in [0.15, 0.2) is 35.6 Å². The molecule has 3 rings (SSSR count). The largest absolute Gasteiger partial charge is 0.503 e. The molecule has 33 heavy (non-hydrogen) atoms. The quantitative estimate of drug-likeness (QED) is 0.339. The van der Waals surface area contributed by atoms with Gasteiger partial charge in [0.25, 0.3) is 5.91 Å². The number of ketones is 1. The Hall–Kier alpha value is -3.04. The molecule has 1 unspecified atom stereocenters. The summed E-state index contributed by atoms with van der Waals surface area (Å²) in [4.78, 5) is 46.5. The van der Waals surface area contributed by atoms with Crippen molar-refractivity contribution in [2.45, 2.75) is 40.7 Å². The fourth-order valence-corrected chi connectivity index (χ4v) is 4.90. The first-order valence-electron chi connectivity index (χ1n) is 10.9. The molecular weight excluding hydrogens is 442 g/mol. The van der Waals surface area contributed by atoms with Gasteiger partial charge in [0.05, 0.1) is 27.2 Å². The van der Waals surface area contributed by atoms with Crippen LogP contribution in [0.5, 0.6) is 5.75 Å². The molecular formula is C24H29N3O5S. The van der Waals surface area contributed by atoms with Crippen molar-refractivity contribution in [2.75, 3.05) is 26.2 Å². The molecule has 0 spiro atoms. The fraction of sp³-hybridized carbons (Fsp3) is 0.417. The summed E-state index contributed by atoms with van der Waals surface area (Å²) in [6.07, 6.45) is 0. The summed E-state index contributed by atoms with van der Waals surface area (Å²) in [6.45, 7) is 11.5. The van der Waals surface area contributed by atoms with E-state index in [2.05, 4.69) is 9.88 Å². The summed E-state index contributed by atoms with van der Waals surface area (Å²) in [5, 5.41) is 11.6. The molecule has 9 heteroatoms. The summed E-state index contributed by atoms with van der Waals surface area (Å²) in [5.41, 5.74) is 1.16. The van der Waals surface area contributed by atoms with E-state index in [0.29, 0.717) is 35.0 Å². The Morgan fingerprint density at radius 1 is 1.24 bits per heavy atom. The van der Waals surface area contributed by atoms with Gasteiger partial charge >= 0.3 is 5.97 Å². The van der Waals surface area contributed by atoms with E-state index in [1.165, 1.54) is 23.2 Å². The van der Waals surface area contributed by atoms with Gasteiger partial charge in [-0.15, -0.1) is 11.3 Å². The number of amides is 1. The third-order valence-corrected chi connectivity index (χ3v) is 6.72. The maximum Gasteiger partial charge on any atom is 0.308 e. The van der Waals surface area contributed by atoms with E-state index in [9.17, 15) is 19.5 Å². The zero-order valence-electron chi connectivity index (χ0n) is 19.5. The number of aryl methyl sites for hydroxylation is 2. The van der Waals surface area contributed by atoms with Gasteiger partial charge in [0.15, 0.2) is 5.76 Å². The predicted octanol–water partition coefficient (Wildman–Crippen LogP) is 3.61. The van der Waals surface area contributed by atoms with Gasteiger partial charge in [-0.25, -0.2) is 4.98 Å². The van der Waals surface area contributed by atoms with Crippen molar-refractivity contribution in [3.05, 3.63) is 56.7 Å². The number of benzene rings is 1. The standard InChI is InChI=1S/C24H29N3O5S/c1-6-26(7-2)11-12-27-20(17-9-8-10-18(13-17)32-16(5)28)19(22(30)24(27)31)21(29)23-14(3)25-15(4)33-23/h8-10,13,20,30H,6-7,11-12H2,1-5H3. The van der Waals surface area contributed by atoms with Gasteiger partial charge in [-0.05, 0) is 44.6 Å².